The number of likely N-dealkylation sites (tertiary alicyclic amines) is 1. The van der Waals surface area contributed by atoms with Crippen LogP contribution in [0.1, 0.15) is 52.2 Å². The zero-order valence-corrected chi connectivity index (χ0v) is 21.5. The Morgan fingerprint density at radius 1 is 1.05 bits per heavy atom. The van der Waals surface area contributed by atoms with Gasteiger partial charge in [0.15, 0.2) is 11.4 Å². The van der Waals surface area contributed by atoms with Gasteiger partial charge in [0.05, 0.1) is 29.3 Å². The Hall–Kier alpha value is -5.07. The molecule has 1 fully saturated rings. The van der Waals surface area contributed by atoms with Gasteiger partial charge in [-0.15, -0.1) is 0 Å². The summed E-state index contributed by atoms with van der Waals surface area (Å²) in [5.41, 5.74) is 17.4. The van der Waals surface area contributed by atoms with Gasteiger partial charge in [0.25, 0.3) is 5.91 Å². The molecule has 5 aromatic heterocycles. The largest absolute Gasteiger partial charge is 0.383 e. The number of fused-ring (bicyclic) bond motifs is 1. The van der Waals surface area contributed by atoms with Crippen LogP contribution in [0.25, 0.3) is 28.0 Å². The fourth-order valence-corrected chi connectivity index (χ4v) is 5.14. The number of nitrogens with one attached hydrogen (secondary N) is 1. The number of carbonyl (C=O) groups excluding carboxylic acids is 2. The molecule has 1 aliphatic heterocycles. The van der Waals surface area contributed by atoms with Crippen LogP contribution in [-0.4, -0.2) is 69.2 Å². The van der Waals surface area contributed by atoms with Crippen molar-refractivity contribution in [2.45, 2.75) is 25.7 Å². The maximum absolute atomic E-state index is 12.8. The second-order valence-corrected chi connectivity index (χ2v) is 9.71. The van der Waals surface area contributed by atoms with E-state index in [0.29, 0.717) is 48.5 Å². The van der Waals surface area contributed by atoms with Crippen LogP contribution in [-0.2, 0) is 7.05 Å². The van der Waals surface area contributed by atoms with E-state index in [-0.39, 0.29) is 29.2 Å². The number of pyridine rings is 1. The number of nitrogens with two attached hydrogens (primary N) is 2. The van der Waals surface area contributed by atoms with E-state index in [0.717, 1.165) is 22.4 Å². The summed E-state index contributed by atoms with van der Waals surface area (Å²) in [6.07, 6.45) is 8.37. The molecule has 6 rings (SSSR count). The number of aryl methyl sites for hydroxylation is 1. The SMILES string of the molecule is CC(=O)c1c(C2CCN(C(=O)c3cc(N)n[nH]3)CC2)nc2c(-c3ccc(-c4cnn(C)c4)nc3)cnn2c1N. The lowest BCUT2D eigenvalue weighted by Crippen LogP contribution is -2.38. The number of ketones is 1. The monoisotopic (exact) mass is 525 g/mol. The Morgan fingerprint density at radius 2 is 1.85 bits per heavy atom. The normalized spacial score (nSPS) is 14.3. The second kappa shape index (κ2) is 9.35. The van der Waals surface area contributed by atoms with Gasteiger partial charge in [-0.1, -0.05) is 6.07 Å². The number of hydrogen-bond donors (Lipinski definition) is 3. The van der Waals surface area contributed by atoms with Crippen molar-refractivity contribution in [1.29, 1.82) is 0 Å². The number of aromatic amines is 1. The maximum Gasteiger partial charge on any atom is 0.271 e. The second-order valence-electron chi connectivity index (χ2n) is 9.71. The van der Waals surface area contributed by atoms with Gasteiger partial charge in [-0.3, -0.25) is 24.4 Å². The predicted octanol–water partition coefficient (Wildman–Crippen LogP) is 2.30. The molecule has 5 aromatic rings. The summed E-state index contributed by atoms with van der Waals surface area (Å²) >= 11 is 0. The number of aromatic nitrogens is 8. The van der Waals surface area contributed by atoms with Crippen molar-refractivity contribution in [3.63, 3.8) is 0 Å². The third-order valence-electron chi connectivity index (χ3n) is 7.13. The van der Waals surface area contributed by atoms with Gasteiger partial charge in [0, 0.05) is 61.2 Å². The number of H-pyrrole nitrogens is 1. The van der Waals surface area contributed by atoms with E-state index in [4.69, 9.17) is 16.5 Å². The summed E-state index contributed by atoms with van der Waals surface area (Å²) in [6.45, 7) is 2.48. The molecule has 6 heterocycles. The van der Waals surface area contributed by atoms with E-state index < -0.39 is 0 Å². The van der Waals surface area contributed by atoms with Crippen LogP contribution in [0.15, 0.2) is 43.0 Å². The van der Waals surface area contributed by atoms with E-state index >= 15 is 0 Å². The van der Waals surface area contributed by atoms with Crippen LogP contribution >= 0.6 is 0 Å². The Kier molecular flexibility index (Phi) is 5.82. The van der Waals surface area contributed by atoms with E-state index in [2.05, 4.69) is 25.4 Å². The van der Waals surface area contributed by atoms with Crippen molar-refractivity contribution in [3.8, 4) is 22.4 Å². The number of Topliss-reactive ketones (excluding diaryl/α,β-unsaturated/α-hetero) is 1. The third kappa shape index (κ3) is 4.27. The Morgan fingerprint density at radius 3 is 2.46 bits per heavy atom. The Balaban J connectivity index is 1.32. The highest BCUT2D eigenvalue weighted by Crippen LogP contribution is 2.35. The summed E-state index contributed by atoms with van der Waals surface area (Å²) in [5.74, 6) is 0.127. The minimum Gasteiger partial charge on any atom is -0.383 e. The van der Waals surface area contributed by atoms with Gasteiger partial charge in [0.2, 0.25) is 0 Å². The molecule has 0 unspecified atom stereocenters. The van der Waals surface area contributed by atoms with Gasteiger partial charge in [-0.2, -0.15) is 19.8 Å². The van der Waals surface area contributed by atoms with Crippen LogP contribution in [0.5, 0.6) is 0 Å². The molecular weight excluding hydrogens is 498 g/mol. The number of hydrogen-bond acceptors (Lipinski definition) is 9. The maximum atomic E-state index is 12.8. The van der Waals surface area contributed by atoms with Crippen LogP contribution < -0.4 is 11.5 Å². The number of rotatable bonds is 5. The molecule has 198 valence electrons. The quantitative estimate of drug-likeness (QED) is 0.290. The minimum atomic E-state index is -0.178. The number of amides is 1. The standard InChI is InChI=1S/C26H27N11O2/c1-14(38)22-23(15-5-7-36(8-6-15)26(39)20-9-21(27)34-33-20)32-25-18(12-31-37(25)24(22)28)16-3-4-19(29-10-16)17-11-30-35(2)13-17/h3-4,9-13,15H,5-8,28H2,1-2H3,(H3,27,33,34). The fraction of sp³-hybridized carbons (Fsp3) is 0.269. The van der Waals surface area contributed by atoms with Crippen molar-refractivity contribution < 1.29 is 9.59 Å². The van der Waals surface area contributed by atoms with Gasteiger partial charge < -0.3 is 16.4 Å². The van der Waals surface area contributed by atoms with Crippen molar-refractivity contribution >= 4 is 29.0 Å². The molecule has 13 nitrogen and oxygen atoms in total. The number of anilines is 2. The summed E-state index contributed by atoms with van der Waals surface area (Å²) in [4.78, 5) is 36.9. The molecule has 0 aromatic carbocycles. The molecule has 0 aliphatic carbocycles. The topological polar surface area (TPSA) is 179 Å². The van der Waals surface area contributed by atoms with Crippen LogP contribution in [0.3, 0.4) is 0 Å². The number of nitrogens with zero attached hydrogens (tertiary/aromatic N) is 8. The molecule has 0 radical (unpaired) electrons. The molecule has 1 amide bonds. The zero-order valence-electron chi connectivity index (χ0n) is 21.5. The first-order chi connectivity index (χ1) is 18.8. The number of carbonyl (C=O) groups is 2. The minimum absolute atomic E-state index is 0.0547. The molecule has 1 saturated heterocycles. The number of nitrogen functional groups attached to an aromatic ring is 2. The van der Waals surface area contributed by atoms with E-state index in [1.54, 1.807) is 28.2 Å². The van der Waals surface area contributed by atoms with Gasteiger partial charge in [-0.05, 0) is 25.8 Å². The summed E-state index contributed by atoms with van der Waals surface area (Å²) in [6, 6.07) is 5.40. The van der Waals surface area contributed by atoms with Gasteiger partial charge in [-0.25, -0.2) is 4.98 Å². The first-order valence-corrected chi connectivity index (χ1v) is 12.5. The molecule has 39 heavy (non-hydrogen) atoms. The molecule has 1 aliphatic rings. The lowest BCUT2D eigenvalue weighted by molar-refractivity contribution is 0.0705. The van der Waals surface area contributed by atoms with E-state index in [1.807, 2.05) is 25.4 Å². The fourth-order valence-electron chi connectivity index (χ4n) is 5.14. The highest BCUT2D eigenvalue weighted by atomic mass is 16.2. The van der Waals surface area contributed by atoms with Gasteiger partial charge >= 0.3 is 0 Å². The zero-order chi connectivity index (χ0) is 27.3. The smallest absolute Gasteiger partial charge is 0.271 e. The summed E-state index contributed by atoms with van der Waals surface area (Å²) in [7, 11) is 1.86. The number of piperidine rings is 1. The first kappa shape index (κ1) is 24.3. The Labute approximate surface area is 222 Å². The molecule has 0 saturated carbocycles. The van der Waals surface area contributed by atoms with Crippen LogP contribution in [0.4, 0.5) is 11.6 Å². The molecular formula is C26H27N11O2. The molecule has 13 heteroatoms. The average molecular weight is 526 g/mol. The highest BCUT2D eigenvalue weighted by Gasteiger charge is 2.31. The van der Waals surface area contributed by atoms with Gasteiger partial charge in [0.1, 0.15) is 17.3 Å². The average Bonchev–Trinajstić information content (AvgIpc) is 3.68. The van der Waals surface area contributed by atoms with E-state index in [1.165, 1.54) is 17.5 Å². The summed E-state index contributed by atoms with van der Waals surface area (Å²) in [5, 5.41) is 15.2. The first-order valence-electron chi connectivity index (χ1n) is 12.5. The van der Waals surface area contributed by atoms with Crippen molar-refractivity contribution in [2.75, 3.05) is 24.6 Å². The van der Waals surface area contributed by atoms with Crippen LogP contribution in [0.2, 0.25) is 0 Å². The third-order valence-corrected chi connectivity index (χ3v) is 7.13. The van der Waals surface area contributed by atoms with Crippen molar-refractivity contribution in [1.82, 2.24) is 44.5 Å². The molecule has 0 spiro atoms. The lowest BCUT2D eigenvalue weighted by atomic mass is 9.89. The Bertz CT molecular complexity index is 1710. The predicted molar refractivity (Wildman–Crippen MR) is 144 cm³/mol. The van der Waals surface area contributed by atoms with E-state index in [9.17, 15) is 9.59 Å². The summed E-state index contributed by atoms with van der Waals surface area (Å²) < 4.78 is 3.23. The van der Waals surface area contributed by atoms with Crippen molar-refractivity contribution in [3.05, 3.63) is 59.9 Å². The molecule has 5 N–H and O–H groups in total. The van der Waals surface area contributed by atoms with Crippen molar-refractivity contribution in [2.24, 2.45) is 7.05 Å². The molecule has 0 bridgehead atoms. The molecule has 0 atom stereocenters. The lowest BCUT2D eigenvalue weighted by Gasteiger charge is -2.32. The van der Waals surface area contributed by atoms with Crippen LogP contribution in [0, 0.1) is 0 Å². The highest BCUT2D eigenvalue weighted by molar-refractivity contribution is 6.00.